The third kappa shape index (κ3) is 3.67. The van der Waals surface area contributed by atoms with Crippen molar-refractivity contribution in [3.05, 3.63) is 30.3 Å². The molecule has 6 heteroatoms. The quantitative estimate of drug-likeness (QED) is 0.842. The number of rotatable bonds is 6. The topological polar surface area (TPSA) is 49.9 Å². The molecule has 0 unspecified atom stereocenters. The van der Waals surface area contributed by atoms with E-state index >= 15 is 0 Å². The molecule has 0 amide bonds. The molecule has 2 N–H and O–H groups in total. The summed E-state index contributed by atoms with van der Waals surface area (Å²) in [6.45, 7) is 0.121. The molecule has 1 aromatic heterocycles. The van der Waals surface area contributed by atoms with Crippen molar-refractivity contribution in [3.63, 3.8) is 0 Å². The molecule has 2 aromatic rings. The number of nitrogens with zero attached hydrogens (tertiary/aromatic N) is 1. The summed E-state index contributed by atoms with van der Waals surface area (Å²) >= 11 is 0. The highest BCUT2D eigenvalue weighted by Crippen LogP contribution is 2.23. The fourth-order valence-electron chi connectivity index (χ4n) is 1.63. The Morgan fingerprint density at radius 3 is 2.68 bits per heavy atom. The first-order valence-electron chi connectivity index (χ1n) is 6.03. The van der Waals surface area contributed by atoms with Gasteiger partial charge in [0.25, 0.3) is 0 Å². The fourth-order valence-corrected chi connectivity index (χ4v) is 1.63. The lowest BCUT2D eigenvalue weighted by molar-refractivity contribution is -0.0498. The standard InChI is InChI=1S/C13H15F2N3O/c1-2-7-16-12-8-11(17-18-12)9-3-5-10(6-4-9)19-13(14)15/h3-6,8,13H,2,7H2,1H3,(H2,16,17,18). The summed E-state index contributed by atoms with van der Waals surface area (Å²) in [5.74, 6) is 0.910. The van der Waals surface area contributed by atoms with E-state index in [4.69, 9.17) is 0 Å². The van der Waals surface area contributed by atoms with Crippen molar-refractivity contribution in [2.45, 2.75) is 20.0 Å². The van der Waals surface area contributed by atoms with Crippen molar-refractivity contribution in [1.29, 1.82) is 0 Å². The number of nitrogens with one attached hydrogen (secondary N) is 2. The molecule has 0 atom stereocenters. The van der Waals surface area contributed by atoms with Crippen LogP contribution < -0.4 is 10.1 Å². The minimum atomic E-state index is -2.80. The first-order valence-corrected chi connectivity index (χ1v) is 6.03. The largest absolute Gasteiger partial charge is 0.435 e. The van der Waals surface area contributed by atoms with Crippen LogP contribution in [-0.4, -0.2) is 23.4 Å². The minimum absolute atomic E-state index is 0.141. The second-order valence-electron chi connectivity index (χ2n) is 4.00. The summed E-state index contributed by atoms with van der Waals surface area (Å²) in [5, 5.41) is 10.2. The first-order chi connectivity index (χ1) is 9.19. The molecule has 1 aromatic carbocycles. The zero-order valence-electron chi connectivity index (χ0n) is 10.5. The lowest BCUT2D eigenvalue weighted by Gasteiger charge is -2.04. The average Bonchev–Trinajstić information content (AvgIpc) is 2.85. The van der Waals surface area contributed by atoms with Gasteiger partial charge in [0.15, 0.2) is 0 Å². The lowest BCUT2D eigenvalue weighted by Crippen LogP contribution is -2.01. The smallest absolute Gasteiger partial charge is 0.387 e. The molecule has 0 saturated carbocycles. The van der Waals surface area contributed by atoms with E-state index in [2.05, 4.69) is 27.2 Å². The van der Waals surface area contributed by atoms with Gasteiger partial charge in [0.05, 0.1) is 5.69 Å². The van der Waals surface area contributed by atoms with Gasteiger partial charge in [-0.2, -0.15) is 13.9 Å². The molecule has 4 nitrogen and oxygen atoms in total. The summed E-state index contributed by atoms with van der Waals surface area (Å²) < 4.78 is 28.3. The van der Waals surface area contributed by atoms with E-state index in [0.29, 0.717) is 0 Å². The van der Waals surface area contributed by atoms with Gasteiger partial charge in [0.2, 0.25) is 0 Å². The molecule has 0 bridgehead atoms. The van der Waals surface area contributed by atoms with Crippen LogP contribution >= 0.6 is 0 Å². The van der Waals surface area contributed by atoms with E-state index in [1.54, 1.807) is 12.1 Å². The number of hydrogen-bond donors (Lipinski definition) is 2. The van der Waals surface area contributed by atoms with Gasteiger partial charge >= 0.3 is 6.61 Å². The predicted octanol–water partition coefficient (Wildman–Crippen LogP) is 3.50. The Labute approximate surface area is 109 Å². The second kappa shape index (κ2) is 6.17. The Morgan fingerprint density at radius 1 is 1.32 bits per heavy atom. The number of aromatic amines is 1. The van der Waals surface area contributed by atoms with Gasteiger partial charge < -0.3 is 10.1 Å². The highest BCUT2D eigenvalue weighted by Gasteiger charge is 2.06. The molecule has 0 aliphatic carbocycles. The zero-order valence-corrected chi connectivity index (χ0v) is 10.5. The van der Waals surface area contributed by atoms with Crippen LogP contribution in [0.5, 0.6) is 5.75 Å². The summed E-state index contributed by atoms with van der Waals surface area (Å²) in [7, 11) is 0. The molecule has 19 heavy (non-hydrogen) atoms. The number of hydrogen-bond acceptors (Lipinski definition) is 3. The van der Waals surface area contributed by atoms with Crippen LogP contribution in [0.25, 0.3) is 11.3 Å². The van der Waals surface area contributed by atoms with Crippen molar-refractivity contribution in [3.8, 4) is 17.0 Å². The van der Waals surface area contributed by atoms with Crippen molar-refractivity contribution in [2.24, 2.45) is 0 Å². The molecule has 0 radical (unpaired) electrons. The van der Waals surface area contributed by atoms with Crippen molar-refractivity contribution in [2.75, 3.05) is 11.9 Å². The van der Waals surface area contributed by atoms with Crippen LogP contribution in [0.4, 0.5) is 14.6 Å². The first kappa shape index (κ1) is 13.3. The Bertz CT molecular complexity index is 511. The summed E-state index contributed by atoms with van der Waals surface area (Å²) in [6, 6.07) is 8.28. The summed E-state index contributed by atoms with van der Waals surface area (Å²) in [4.78, 5) is 0. The monoisotopic (exact) mass is 267 g/mol. The number of anilines is 1. The minimum Gasteiger partial charge on any atom is -0.435 e. The molecule has 0 saturated heterocycles. The average molecular weight is 267 g/mol. The summed E-state index contributed by atoms with van der Waals surface area (Å²) in [5.41, 5.74) is 1.68. The molecular weight excluding hydrogens is 252 g/mol. The van der Waals surface area contributed by atoms with Crippen LogP contribution in [0.2, 0.25) is 0 Å². The van der Waals surface area contributed by atoms with Crippen LogP contribution in [0.3, 0.4) is 0 Å². The van der Waals surface area contributed by atoms with Gasteiger partial charge in [-0.15, -0.1) is 0 Å². The van der Waals surface area contributed by atoms with E-state index < -0.39 is 6.61 Å². The van der Waals surface area contributed by atoms with Gasteiger partial charge in [0.1, 0.15) is 11.6 Å². The van der Waals surface area contributed by atoms with E-state index in [1.165, 1.54) is 12.1 Å². The van der Waals surface area contributed by atoms with Gasteiger partial charge in [-0.3, -0.25) is 5.10 Å². The third-order valence-electron chi connectivity index (χ3n) is 2.52. The number of alkyl halides is 2. The van der Waals surface area contributed by atoms with Gasteiger partial charge in [0, 0.05) is 12.6 Å². The molecule has 0 spiro atoms. The SMILES string of the molecule is CCCNc1cc(-c2ccc(OC(F)F)cc2)[nH]n1. The highest BCUT2D eigenvalue weighted by atomic mass is 19.3. The van der Waals surface area contributed by atoms with E-state index in [0.717, 1.165) is 30.0 Å². The molecular formula is C13H15F2N3O. The number of benzene rings is 1. The van der Waals surface area contributed by atoms with Gasteiger partial charge in [-0.1, -0.05) is 6.92 Å². The predicted molar refractivity (Wildman–Crippen MR) is 69.4 cm³/mol. The maximum atomic E-state index is 12.0. The van der Waals surface area contributed by atoms with E-state index in [-0.39, 0.29) is 5.75 Å². The van der Waals surface area contributed by atoms with Crippen LogP contribution in [-0.2, 0) is 0 Å². The summed E-state index contributed by atoms with van der Waals surface area (Å²) in [6.07, 6.45) is 1.02. The molecule has 0 fully saturated rings. The number of H-pyrrole nitrogens is 1. The third-order valence-corrected chi connectivity index (χ3v) is 2.52. The number of aromatic nitrogens is 2. The molecule has 0 aliphatic heterocycles. The Kier molecular flexibility index (Phi) is 4.33. The molecule has 1 heterocycles. The molecule has 0 aliphatic rings. The van der Waals surface area contributed by atoms with Crippen molar-refractivity contribution < 1.29 is 13.5 Å². The fraction of sp³-hybridized carbons (Fsp3) is 0.308. The maximum Gasteiger partial charge on any atom is 0.387 e. The Morgan fingerprint density at radius 2 is 2.05 bits per heavy atom. The lowest BCUT2D eigenvalue weighted by atomic mass is 10.1. The van der Waals surface area contributed by atoms with Crippen molar-refractivity contribution >= 4 is 5.82 Å². The number of ether oxygens (including phenoxy) is 1. The normalized spacial score (nSPS) is 10.7. The van der Waals surface area contributed by atoms with E-state index in [1.807, 2.05) is 6.07 Å². The molecule has 102 valence electrons. The van der Waals surface area contributed by atoms with Gasteiger partial charge in [-0.25, -0.2) is 0 Å². The van der Waals surface area contributed by atoms with Gasteiger partial charge in [-0.05, 0) is 36.2 Å². The van der Waals surface area contributed by atoms with Crippen LogP contribution in [0, 0.1) is 0 Å². The maximum absolute atomic E-state index is 12.0. The Balaban J connectivity index is 2.07. The van der Waals surface area contributed by atoms with E-state index in [9.17, 15) is 8.78 Å². The van der Waals surface area contributed by atoms with Crippen molar-refractivity contribution in [1.82, 2.24) is 10.2 Å². The zero-order chi connectivity index (χ0) is 13.7. The molecule has 2 rings (SSSR count). The highest BCUT2D eigenvalue weighted by molar-refractivity contribution is 5.63. The second-order valence-corrected chi connectivity index (χ2v) is 4.00. The number of halogens is 2. The van der Waals surface area contributed by atoms with Crippen LogP contribution in [0.15, 0.2) is 30.3 Å². The Hall–Kier alpha value is -2.11. The van der Waals surface area contributed by atoms with Crippen LogP contribution in [0.1, 0.15) is 13.3 Å².